The van der Waals surface area contributed by atoms with Gasteiger partial charge in [-0.05, 0) is 56.6 Å². The van der Waals surface area contributed by atoms with E-state index in [9.17, 15) is 0 Å². The number of hydrogen-bond donors (Lipinski definition) is 1. The quantitative estimate of drug-likeness (QED) is 0.571. The van der Waals surface area contributed by atoms with E-state index in [2.05, 4.69) is 62.8 Å². The van der Waals surface area contributed by atoms with E-state index in [1.54, 1.807) is 5.56 Å². The Balaban J connectivity index is 1.71. The van der Waals surface area contributed by atoms with E-state index >= 15 is 0 Å². The first-order valence-electron chi connectivity index (χ1n) is 9.10. The van der Waals surface area contributed by atoms with Crippen LogP contribution in [0.5, 0.6) is 0 Å². The molecule has 2 nitrogen and oxygen atoms in total. The summed E-state index contributed by atoms with van der Waals surface area (Å²) in [5, 5.41) is 0.612. The van der Waals surface area contributed by atoms with Gasteiger partial charge in [-0.3, -0.25) is 4.72 Å². The van der Waals surface area contributed by atoms with Gasteiger partial charge < -0.3 is 4.74 Å². The molecule has 25 heavy (non-hydrogen) atoms. The highest BCUT2D eigenvalue weighted by Gasteiger charge is 2.65. The van der Waals surface area contributed by atoms with E-state index in [-0.39, 0.29) is 0 Å². The lowest BCUT2D eigenvalue weighted by atomic mass is 9.82. The summed E-state index contributed by atoms with van der Waals surface area (Å²) >= 11 is 1.90. The van der Waals surface area contributed by atoms with Crippen LogP contribution in [0.15, 0.2) is 24.8 Å². The molecule has 1 N–H and O–H groups in total. The molecule has 0 radical (unpaired) electrons. The van der Waals surface area contributed by atoms with Gasteiger partial charge in [0.25, 0.3) is 0 Å². The molecule has 2 heterocycles. The first-order valence-corrected chi connectivity index (χ1v) is 12.4. The van der Waals surface area contributed by atoms with Crippen molar-refractivity contribution in [3.05, 3.63) is 45.7 Å². The Bertz CT molecular complexity index is 758. The van der Waals surface area contributed by atoms with Crippen LogP contribution in [0.1, 0.15) is 40.6 Å². The number of hydrogen-bond acceptors (Lipinski definition) is 3. The van der Waals surface area contributed by atoms with Crippen molar-refractivity contribution in [3.8, 4) is 0 Å². The van der Waals surface area contributed by atoms with Crippen LogP contribution in [0, 0.1) is 12.8 Å². The SMILES string of the molecule is C=C/C=C\c1sc2c(c1C)C1C(C=C2)C(S(C)(C)NC(C)C)C2OC21. The van der Waals surface area contributed by atoms with Crippen molar-refractivity contribution in [1.29, 1.82) is 0 Å². The van der Waals surface area contributed by atoms with Crippen LogP contribution in [0.25, 0.3) is 12.2 Å². The molecule has 2 aliphatic carbocycles. The third kappa shape index (κ3) is 2.78. The molecule has 136 valence electrons. The molecule has 1 aromatic heterocycles. The van der Waals surface area contributed by atoms with Crippen molar-refractivity contribution < 1.29 is 4.74 Å². The largest absolute Gasteiger partial charge is 0.368 e. The minimum atomic E-state index is -0.910. The number of allylic oxidation sites excluding steroid dienone is 3. The fourth-order valence-electron chi connectivity index (χ4n) is 4.95. The molecule has 5 unspecified atom stereocenters. The minimum absolute atomic E-state index is 0.420. The van der Waals surface area contributed by atoms with Gasteiger partial charge in [0.1, 0.15) is 0 Å². The van der Waals surface area contributed by atoms with Crippen LogP contribution in [-0.4, -0.2) is 36.0 Å². The van der Waals surface area contributed by atoms with Gasteiger partial charge in [0.2, 0.25) is 0 Å². The van der Waals surface area contributed by atoms with E-state index in [0.29, 0.717) is 35.3 Å². The lowest BCUT2D eigenvalue weighted by Crippen LogP contribution is -2.39. The molecule has 0 spiro atoms. The molecule has 0 bridgehead atoms. The summed E-state index contributed by atoms with van der Waals surface area (Å²) in [7, 11) is -0.910. The maximum Gasteiger partial charge on any atom is 0.0969 e. The summed E-state index contributed by atoms with van der Waals surface area (Å²) in [6.07, 6.45) is 16.7. The van der Waals surface area contributed by atoms with Crippen molar-refractivity contribution >= 4 is 33.7 Å². The summed E-state index contributed by atoms with van der Waals surface area (Å²) in [6.45, 7) is 10.6. The normalized spacial score (nSPS) is 33.4. The van der Waals surface area contributed by atoms with Crippen LogP contribution in [0.3, 0.4) is 0 Å². The van der Waals surface area contributed by atoms with Crippen LogP contribution in [0.2, 0.25) is 0 Å². The maximum absolute atomic E-state index is 6.22. The zero-order valence-corrected chi connectivity index (χ0v) is 17.4. The van der Waals surface area contributed by atoms with Crippen LogP contribution in [0.4, 0.5) is 0 Å². The third-order valence-corrected chi connectivity index (χ3v) is 9.96. The fraction of sp³-hybridized carbons (Fsp3) is 0.524. The second kappa shape index (κ2) is 6.12. The first-order chi connectivity index (χ1) is 11.8. The maximum atomic E-state index is 6.22. The molecule has 4 heteroatoms. The molecule has 5 atom stereocenters. The smallest absolute Gasteiger partial charge is 0.0969 e. The van der Waals surface area contributed by atoms with Crippen molar-refractivity contribution in [2.45, 2.75) is 50.2 Å². The van der Waals surface area contributed by atoms with Gasteiger partial charge in [-0.15, -0.1) is 11.3 Å². The zero-order chi connectivity index (χ0) is 17.9. The van der Waals surface area contributed by atoms with Crippen LogP contribution < -0.4 is 4.72 Å². The summed E-state index contributed by atoms with van der Waals surface area (Å²) in [4.78, 5) is 2.80. The number of fused-ring (bicyclic) bond motifs is 5. The topological polar surface area (TPSA) is 24.6 Å². The van der Waals surface area contributed by atoms with Gasteiger partial charge in [-0.25, -0.2) is 0 Å². The predicted octanol–water partition coefficient (Wildman–Crippen LogP) is 5.11. The predicted molar refractivity (Wildman–Crippen MR) is 114 cm³/mol. The second-order valence-electron chi connectivity index (χ2n) is 8.13. The third-order valence-electron chi connectivity index (χ3n) is 5.70. The summed E-state index contributed by atoms with van der Waals surface area (Å²) in [6, 6.07) is 0.517. The van der Waals surface area contributed by atoms with E-state index in [0.717, 1.165) is 0 Å². The monoisotopic (exact) mass is 375 g/mol. The number of ether oxygens (including phenoxy) is 1. The first kappa shape index (κ1) is 17.6. The summed E-state index contributed by atoms with van der Waals surface area (Å²) in [5.74, 6) is 1.15. The van der Waals surface area contributed by atoms with E-state index in [4.69, 9.17) is 4.74 Å². The highest BCUT2D eigenvalue weighted by molar-refractivity contribution is 8.31. The molecule has 1 aliphatic heterocycles. The van der Waals surface area contributed by atoms with E-state index in [1.807, 2.05) is 23.5 Å². The second-order valence-corrected chi connectivity index (χ2v) is 12.8. The lowest BCUT2D eigenvalue weighted by Gasteiger charge is -2.45. The van der Waals surface area contributed by atoms with E-state index < -0.39 is 10.2 Å². The molecule has 1 saturated heterocycles. The van der Waals surface area contributed by atoms with Crippen LogP contribution in [-0.2, 0) is 4.74 Å². The van der Waals surface area contributed by atoms with Crippen molar-refractivity contribution in [2.24, 2.45) is 5.92 Å². The molecule has 1 saturated carbocycles. The molecule has 0 amide bonds. The van der Waals surface area contributed by atoms with Crippen LogP contribution >= 0.6 is 21.6 Å². The molecule has 1 aromatic rings. The standard InChI is InChI=1S/C21H29NOS2/c1-7-8-9-15-13(4)17-16(24-15)11-10-14-18(17)19-20(23-19)21(14)25(5,6)22-12(2)3/h7-12,14,18-22H,1H2,2-6H3/b9-8-. The van der Waals surface area contributed by atoms with E-state index in [1.165, 1.54) is 15.3 Å². The van der Waals surface area contributed by atoms with Gasteiger partial charge in [-0.1, -0.05) is 24.8 Å². The highest BCUT2D eigenvalue weighted by Crippen LogP contribution is 2.66. The number of nitrogens with one attached hydrogen (secondary N) is 1. The Kier molecular flexibility index (Phi) is 4.31. The minimum Gasteiger partial charge on any atom is -0.368 e. The summed E-state index contributed by atoms with van der Waals surface area (Å²) in [5.41, 5.74) is 2.99. The fourth-order valence-corrected chi connectivity index (χ4v) is 9.45. The average molecular weight is 376 g/mol. The Morgan fingerprint density at radius 3 is 2.76 bits per heavy atom. The molecule has 3 aliphatic rings. The van der Waals surface area contributed by atoms with Gasteiger partial charge in [0.15, 0.2) is 0 Å². The highest BCUT2D eigenvalue weighted by atomic mass is 32.3. The Hall–Kier alpha value is -0.810. The van der Waals surface area contributed by atoms with Gasteiger partial charge in [0, 0.05) is 32.9 Å². The Morgan fingerprint density at radius 1 is 1.32 bits per heavy atom. The van der Waals surface area contributed by atoms with Gasteiger partial charge >= 0.3 is 0 Å². The number of thiophene rings is 1. The van der Waals surface area contributed by atoms with Crippen molar-refractivity contribution in [2.75, 3.05) is 12.5 Å². The van der Waals surface area contributed by atoms with Crippen molar-refractivity contribution in [1.82, 2.24) is 4.72 Å². The Morgan fingerprint density at radius 2 is 2.08 bits per heavy atom. The molecule has 0 aromatic carbocycles. The van der Waals surface area contributed by atoms with Gasteiger partial charge in [0.05, 0.1) is 12.2 Å². The van der Waals surface area contributed by atoms with Crippen molar-refractivity contribution in [3.63, 3.8) is 0 Å². The van der Waals surface area contributed by atoms with Gasteiger partial charge in [-0.2, -0.15) is 10.2 Å². The zero-order valence-electron chi connectivity index (χ0n) is 15.8. The molecule has 4 rings (SSSR count). The number of epoxide rings is 1. The summed E-state index contributed by atoms with van der Waals surface area (Å²) < 4.78 is 10.1. The number of rotatable bonds is 5. The lowest BCUT2D eigenvalue weighted by molar-refractivity contribution is 0.273. The molecular formula is C21H29NOS2. The Labute approximate surface area is 157 Å². The molecule has 2 fully saturated rings. The average Bonchev–Trinajstić information content (AvgIpc) is 3.12. The molecular weight excluding hydrogens is 346 g/mol.